The van der Waals surface area contributed by atoms with Crippen LogP contribution in [0.25, 0.3) is 0 Å². The third kappa shape index (κ3) is 6.21. The van der Waals surface area contributed by atoms with Gasteiger partial charge in [0.05, 0.1) is 12.0 Å². The van der Waals surface area contributed by atoms with E-state index in [1.54, 1.807) is 18.2 Å². The molecule has 0 bridgehead atoms. The van der Waals surface area contributed by atoms with Crippen molar-refractivity contribution in [3.63, 3.8) is 0 Å². The third-order valence-corrected chi connectivity index (χ3v) is 4.28. The summed E-state index contributed by atoms with van der Waals surface area (Å²) >= 11 is 0. The molecule has 0 unspecified atom stereocenters. The molecule has 0 atom stereocenters. The molecule has 0 fully saturated rings. The van der Waals surface area contributed by atoms with Crippen molar-refractivity contribution >= 4 is 23.3 Å². The van der Waals surface area contributed by atoms with Crippen LogP contribution in [0.4, 0.5) is 18.9 Å². The molecule has 0 saturated carbocycles. The van der Waals surface area contributed by atoms with Gasteiger partial charge in [-0.25, -0.2) is 0 Å². The van der Waals surface area contributed by atoms with Crippen molar-refractivity contribution in [1.82, 2.24) is 0 Å². The number of ether oxygens (including phenoxy) is 3. The number of benzene rings is 2. The first-order chi connectivity index (χ1) is 14.7. The maximum Gasteiger partial charge on any atom is 0.416 e. The monoisotopic (exact) mass is 437 g/mol. The maximum atomic E-state index is 12.5. The Kier molecular flexibility index (Phi) is 6.78. The first-order valence-electron chi connectivity index (χ1n) is 9.28. The first kappa shape index (κ1) is 22.1. The Bertz CT molecular complexity index is 972. The maximum absolute atomic E-state index is 12.5. The number of Topliss-reactive ketones (excluding diaryl/α,β-unsaturated/α-hetero) is 1. The first-order valence-corrected chi connectivity index (χ1v) is 9.28. The van der Waals surface area contributed by atoms with Crippen LogP contribution in [0.2, 0.25) is 0 Å². The van der Waals surface area contributed by atoms with Gasteiger partial charge in [-0.15, -0.1) is 0 Å². The molecule has 7 nitrogen and oxygen atoms in total. The van der Waals surface area contributed by atoms with Gasteiger partial charge in [0.1, 0.15) is 13.2 Å². The molecule has 1 aliphatic heterocycles. The van der Waals surface area contributed by atoms with Crippen molar-refractivity contribution in [2.75, 3.05) is 25.1 Å². The fourth-order valence-electron chi connectivity index (χ4n) is 2.73. The van der Waals surface area contributed by atoms with Gasteiger partial charge < -0.3 is 19.5 Å². The van der Waals surface area contributed by atoms with E-state index in [-0.39, 0.29) is 24.3 Å². The molecule has 164 valence electrons. The summed E-state index contributed by atoms with van der Waals surface area (Å²) in [4.78, 5) is 35.8. The van der Waals surface area contributed by atoms with Gasteiger partial charge in [0.25, 0.3) is 5.91 Å². The fraction of sp³-hybridized carbons (Fsp3) is 0.286. The van der Waals surface area contributed by atoms with Gasteiger partial charge in [-0.3, -0.25) is 14.4 Å². The minimum absolute atomic E-state index is 0.126. The molecule has 1 heterocycles. The molecule has 31 heavy (non-hydrogen) atoms. The van der Waals surface area contributed by atoms with Gasteiger partial charge in [-0.05, 0) is 42.5 Å². The van der Waals surface area contributed by atoms with E-state index in [4.69, 9.17) is 14.2 Å². The van der Waals surface area contributed by atoms with Gasteiger partial charge in [0.2, 0.25) is 0 Å². The fourth-order valence-corrected chi connectivity index (χ4v) is 2.73. The van der Waals surface area contributed by atoms with Crippen LogP contribution >= 0.6 is 0 Å². The van der Waals surface area contributed by atoms with Gasteiger partial charge in [-0.1, -0.05) is 0 Å². The summed E-state index contributed by atoms with van der Waals surface area (Å²) in [6.07, 6.45) is -4.84. The number of rotatable bonds is 7. The van der Waals surface area contributed by atoms with E-state index < -0.39 is 30.2 Å². The lowest BCUT2D eigenvalue weighted by molar-refractivity contribution is -0.147. The Balaban J connectivity index is 1.41. The van der Waals surface area contributed by atoms with Crippen molar-refractivity contribution in [2.45, 2.75) is 19.0 Å². The summed E-state index contributed by atoms with van der Waals surface area (Å²) in [5.41, 5.74) is -0.362. The number of esters is 1. The normalized spacial score (nSPS) is 12.7. The number of alkyl halides is 3. The van der Waals surface area contributed by atoms with Gasteiger partial charge in [0.15, 0.2) is 23.9 Å². The summed E-state index contributed by atoms with van der Waals surface area (Å²) < 4.78 is 53.2. The number of carbonyl (C=O) groups is 3. The molecular formula is C21H18F3NO6. The topological polar surface area (TPSA) is 90.9 Å². The average molecular weight is 437 g/mol. The van der Waals surface area contributed by atoms with Crippen LogP contribution in [0.1, 0.15) is 28.8 Å². The highest BCUT2D eigenvalue weighted by Crippen LogP contribution is 2.31. The van der Waals surface area contributed by atoms with E-state index in [0.717, 1.165) is 24.3 Å². The second-order valence-corrected chi connectivity index (χ2v) is 6.57. The third-order valence-electron chi connectivity index (χ3n) is 4.28. The van der Waals surface area contributed by atoms with Crippen molar-refractivity contribution in [3.8, 4) is 11.5 Å². The number of ketones is 1. The molecule has 1 amide bonds. The summed E-state index contributed by atoms with van der Waals surface area (Å²) in [6, 6.07) is 8.56. The number of nitrogens with one attached hydrogen (secondary N) is 1. The van der Waals surface area contributed by atoms with Gasteiger partial charge >= 0.3 is 12.1 Å². The van der Waals surface area contributed by atoms with E-state index in [0.29, 0.717) is 30.3 Å². The average Bonchev–Trinajstić information content (AvgIpc) is 2.75. The number of amides is 1. The molecule has 0 aliphatic carbocycles. The Morgan fingerprint density at radius 1 is 0.935 bits per heavy atom. The van der Waals surface area contributed by atoms with Gasteiger partial charge in [-0.2, -0.15) is 13.2 Å². The van der Waals surface area contributed by atoms with Gasteiger partial charge in [0, 0.05) is 17.7 Å². The van der Waals surface area contributed by atoms with E-state index >= 15 is 0 Å². The molecule has 2 aromatic carbocycles. The van der Waals surface area contributed by atoms with Crippen molar-refractivity contribution < 1.29 is 41.8 Å². The Hall–Kier alpha value is -3.56. The van der Waals surface area contributed by atoms with Crippen LogP contribution in [-0.2, 0) is 20.5 Å². The molecule has 0 aromatic heterocycles. The lowest BCUT2D eigenvalue weighted by Crippen LogP contribution is -2.21. The number of hydrogen-bond donors (Lipinski definition) is 1. The molecule has 3 rings (SSSR count). The number of anilines is 1. The highest BCUT2D eigenvalue weighted by atomic mass is 19.4. The molecule has 1 N–H and O–H groups in total. The minimum Gasteiger partial charge on any atom is -0.486 e. The van der Waals surface area contributed by atoms with Crippen LogP contribution < -0.4 is 14.8 Å². The number of halogens is 3. The summed E-state index contributed by atoms with van der Waals surface area (Å²) in [5, 5.41) is 2.32. The largest absolute Gasteiger partial charge is 0.486 e. The van der Waals surface area contributed by atoms with Crippen LogP contribution in [-0.4, -0.2) is 37.5 Å². The zero-order valence-corrected chi connectivity index (χ0v) is 16.2. The lowest BCUT2D eigenvalue weighted by atomic mass is 10.1. The molecule has 0 saturated heterocycles. The minimum atomic E-state index is -4.48. The molecule has 1 aliphatic rings. The zero-order valence-electron chi connectivity index (χ0n) is 16.2. The number of hydrogen-bond acceptors (Lipinski definition) is 6. The van der Waals surface area contributed by atoms with Crippen LogP contribution in [0.3, 0.4) is 0 Å². The number of fused-ring (bicyclic) bond motifs is 1. The van der Waals surface area contributed by atoms with Crippen molar-refractivity contribution in [2.24, 2.45) is 0 Å². The SMILES string of the molecule is O=C(COC(=O)CCC(=O)c1ccc2c(c1)OCCO2)Nc1ccc(C(F)(F)F)cc1. The van der Waals surface area contributed by atoms with Crippen molar-refractivity contribution in [1.29, 1.82) is 0 Å². The highest BCUT2D eigenvalue weighted by molar-refractivity contribution is 5.98. The second kappa shape index (κ2) is 9.50. The molecular weight excluding hydrogens is 419 g/mol. The zero-order chi connectivity index (χ0) is 22.4. The summed E-state index contributed by atoms with van der Waals surface area (Å²) in [5.74, 6) is -0.774. The Labute approximate surface area is 175 Å². The van der Waals surface area contributed by atoms with E-state index in [1.807, 2.05) is 0 Å². The highest BCUT2D eigenvalue weighted by Gasteiger charge is 2.30. The molecule has 2 aromatic rings. The smallest absolute Gasteiger partial charge is 0.416 e. The second-order valence-electron chi connectivity index (χ2n) is 6.57. The Morgan fingerprint density at radius 3 is 2.29 bits per heavy atom. The van der Waals surface area contributed by atoms with E-state index in [9.17, 15) is 27.6 Å². The predicted octanol–water partition coefficient (Wildman–Crippen LogP) is 3.62. The number of carbonyl (C=O) groups excluding carboxylic acids is 3. The summed E-state index contributed by atoms with van der Waals surface area (Å²) in [7, 11) is 0. The lowest BCUT2D eigenvalue weighted by Gasteiger charge is -2.18. The quantitative estimate of drug-likeness (QED) is 0.526. The molecule has 0 spiro atoms. The van der Waals surface area contributed by atoms with Crippen molar-refractivity contribution in [3.05, 3.63) is 53.6 Å². The van der Waals surface area contributed by atoms with Crippen LogP contribution in [0.5, 0.6) is 11.5 Å². The van der Waals surface area contributed by atoms with E-state index in [1.165, 1.54) is 0 Å². The molecule has 0 radical (unpaired) electrons. The molecule has 10 heteroatoms. The van der Waals surface area contributed by atoms with E-state index in [2.05, 4.69) is 5.32 Å². The Morgan fingerprint density at radius 2 is 1.61 bits per heavy atom. The summed E-state index contributed by atoms with van der Waals surface area (Å²) in [6.45, 7) is 0.183. The van der Waals surface area contributed by atoms with Crippen LogP contribution in [0.15, 0.2) is 42.5 Å². The standard InChI is InChI=1S/C21H18F3NO6/c22-21(23,24)14-2-4-15(5-3-14)25-19(27)12-31-20(28)8-6-16(26)13-1-7-17-18(11-13)30-10-9-29-17/h1-5,7,11H,6,8-10,12H2,(H,25,27). The predicted molar refractivity (Wildman–Crippen MR) is 102 cm³/mol. The van der Waals surface area contributed by atoms with Crippen LogP contribution in [0, 0.1) is 0 Å².